The number of hydrogen-bond donors (Lipinski definition) is 6. The number of amidine groups is 1. The molecule has 1 aromatic carbocycles. The van der Waals surface area contributed by atoms with Gasteiger partial charge in [-0.2, -0.15) is 4.37 Å². The molecule has 2 heterocycles. The van der Waals surface area contributed by atoms with Crippen LogP contribution in [0.2, 0.25) is 0 Å². The molecule has 0 aliphatic carbocycles. The van der Waals surface area contributed by atoms with Crippen molar-refractivity contribution in [2.45, 2.75) is 32.8 Å². The maximum absolute atomic E-state index is 13.2. The van der Waals surface area contributed by atoms with Crippen molar-refractivity contribution in [3.05, 3.63) is 57.8 Å². The van der Waals surface area contributed by atoms with Gasteiger partial charge < -0.3 is 30.9 Å². The first-order valence-electron chi connectivity index (χ1n) is 10.8. The lowest BCUT2D eigenvalue weighted by Crippen LogP contribution is -2.34. The van der Waals surface area contributed by atoms with E-state index in [0.29, 0.717) is 22.8 Å². The van der Waals surface area contributed by atoms with Crippen LogP contribution in [0.1, 0.15) is 42.6 Å². The fourth-order valence-electron chi connectivity index (χ4n) is 3.46. The molecule has 11 heteroatoms. The summed E-state index contributed by atoms with van der Waals surface area (Å²) in [5, 5.41) is 43.6. The number of aromatic nitrogens is 1. The predicted molar refractivity (Wildman–Crippen MR) is 134 cm³/mol. The summed E-state index contributed by atoms with van der Waals surface area (Å²) < 4.78 is 3.89. The highest BCUT2D eigenvalue weighted by Gasteiger charge is 2.25. The number of halogens is 1. The molecule has 6 N–H and O–H groups in total. The Hall–Kier alpha value is -2.92. The first-order chi connectivity index (χ1) is 16.2. The number of nitrogens with zero attached hydrogens (tertiary/aromatic N) is 2. The van der Waals surface area contributed by atoms with Crippen molar-refractivity contribution >= 4 is 45.6 Å². The minimum absolute atomic E-state index is 0.0581. The second kappa shape index (κ2) is 11.5. The fraction of sp³-hybridized carbons (Fsp3) is 0.348. The molecular formula is C23H28ClN5O4S. The third-order valence-electron chi connectivity index (χ3n) is 5.40. The molecule has 0 fully saturated rings. The van der Waals surface area contributed by atoms with Crippen LogP contribution in [0.3, 0.4) is 0 Å². The molecule has 1 amide bonds. The van der Waals surface area contributed by atoms with Crippen molar-refractivity contribution in [3.8, 4) is 5.88 Å². The molecule has 2 aromatic rings. The van der Waals surface area contributed by atoms with E-state index in [0.717, 1.165) is 40.7 Å². The van der Waals surface area contributed by atoms with E-state index in [4.69, 9.17) is 22.1 Å². The number of carbonyl (C=O) groups is 1. The van der Waals surface area contributed by atoms with Crippen molar-refractivity contribution in [3.63, 3.8) is 0 Å². The minimum Gasteiger partial charge on any atom is -0.492 e. The Morgan fingerprint density at radius 3 is 2.91 bits per heavy atom. The van der Waals surface area contributed by atoms with Crippen LogP contribution in [0.25, 0.3) is 0 Å². The quantitative estimate of drug-likeness (QED) is 0.226. The zero-order chi connectivity index (χ0) is 24.8. The average molecular weight is 506 g/mol. The van der Waals surface area contributed by atoms with Crippen LogP contribution in [0.15, 0.2) is 46.6 Å². The summed E-state index contributed by atoms with van der Waals surface area (Å²) in [7, 11) is 0. The summed E-state index contributed by atoms with van der Waals surface area (Å²) >= 11 is 7.14. The van der Waals surface area contributed by atoms with Crippen molar-refractivity contribution in [2.24, 2.45) is 0 Å². The third kappa shape index (κ3) is 5.95. The van der Waals surface area contributed by atoms with Gasteiger partial charge >= 0.3 is 0 Å². The Kier molecular flexibility index (Phi) is 8.67. The van der Waals surface area contributed by atoms with E-state index < -0.39 is 12.7 Å². The van der Waals surface area contributed by atoms with Crippen LogP contribution >= 0.6 is 23.1 Å². The Bertz CT molecular complexity index is 1130. The summed E-state index contributed by atoms with van der Waals surface area (Å²) in [6, 6.07) is 6.96. The van der Waals surface area contributed by atoms with E-state index >= 15 is 0 Å². The highest BCUT2D eigenvalue weighted by atomic mass is 35.5. The zero-order valence-corrected chi connectivity index (χ0v) is 20.5. The second-order valence-electron chi connectivity index (χ2n) is 7.77. The van der Waals surface area contributed by atoms with Crippen LogP contribution in [-0.2, 0) is 0 Å². The van der Waals surface area contributed by atoms with E-state index in [1.165, 1.54) is 0 Å². The van der Waals surface area contributed by atoms with Gasteiger partial charge in [-0.25, -0.2) is 0 Å². The molecule has 1 aliphatic rings. The smallest absolute Gasteiger partial charge is 0.258 e. The van der Waals surface area contributed by atoms with Gasteiger partial charge in [0.25, 0.3) is 5.91 Å². The molecule has 0 saturated carbocycles. The number of benzene rings is 1. The van der Waals surface area contributed by atoms with E-state index in [9.17, 15) is 15.0 Å². The molecule has 3 rings (SSSR count). The number of aliphatic hydroxyl groups is 2. The van der Waals surface area contributed by atoms with Gasteiger partial charge in [-0.05, 0) is 61.1 Å². The maximum Gasteiger partial charge on any atom is 0.258 e. The van der Waals surface area contributed by atoms with Crippen LogP contribution < -0.4 is 10.6 Å². The molecule has 1 atom stereocenters. The van der Waals surface area contributed by atoms with Gasteiger partial charge in [0.15, 0.2) is 0 Å². The highest BCUT2D eigenvalue weighted by Crippen LogP contribution is 2.33. The summed E-state index contributed by atoms with van der Waals surface area (Å²) in [4.78, 5) is 14.9. The molecule has 0 saturated heterocycles. The molecule has 0 spiro atoms. The SMILES string of the molecule is CC/C(Cl)=C\C1=C(C)N(C(=O)c2cccc(Nc3snc(O)c3C(=N)NCC(O)CO)c2)CC1. The molecule has 1 aliphatic heterocycles. The minimum atomic E-state index is -1.04. The molecule has 1 aromatic heterocycles. The molecular weight excluding hydrogens is 478 g/mol. The number of aliphatic hydroxyl groups excluding tert-OH is 2. The number of rotatable bonds is 9. The molecule has 0 bridgehead atoms. The average Bonchev–Trinajstić information content (AvgIpc) is 3.38. The van der Waals surface area contributed by atoms with Gasteiger partial charge in [0, 0.05) is 35.1 Å². The van der Waals surface area contributed by atoms with E-state index in [1.807, 2.05) is 19.9 Å². The van der Waals surface area contributed by atoms with Crippen LogP contribution in [0.5, 0.6) is 5.88 Å². The van der Waals surface area contributed by atoms with Crippen molar-refractivity contribution in [1.82, 2.24) is 14.6 Å². The van der Waals surface area contributed by atoms with Crippen molar-refractivity contribution < 1.29 is 20.1 Å². The largest absolute Gasteiger partial charge is 0.492 e. The normalized spacial score (nSPS) is 15.0. The first-order valence-corrected chi connectivity index (χ1v) is 11.9. The van der Waals surface area contributed by atoms with Gasteiger partial charge in [0.05, 0.1) is 12.7 Å². The maximum atomic E-state index is 13.2. The lowest BCUT2D eigenvalue weighted by atomic mass is 10.1. The number of carbonyl (C=O) groups excluding carboxylic acids is 1. The topological polar surface area (TPSA) is 142 Å². The Labute approximate surface area is 207 Å². The zero-order valence-electron chi connectivity index (χ0n) is 18.9. The predicted octanol–water partition coefficient (Wildman–Crippen LogP) is 3.51. The van der Waals surface area contributed by atoms with Gasteiger partial charge in [-0.15, -0.1) is 0 Å². The number of allylic oxidation sites excluding steroid dienone is 3. The van der Waals surface area contributed by atoms with Gasteiger partial charge in [-0.3, -0.25) is 10.2 Å². The molecule has 182 valence electrons. The van der Waals surface area contributed by atoms with Gasteiger partial charge in [-0.1, -0.05) is 24.6 Å². The summed E-state index contributed by atoms with van der Waals surface area (Å²) in [6.45, 7) is 3.97. The number of nitrogens with one attached hydrogen (secondary N) is 3. The summed E-state index contributed by atoms with van der Waals surface area (Å²) in [5.74, 6) is -0.616. The van der Waals surface area contributed by atoms with Gasteiger partial charge in [0.2, 0.25) is 5.88 Å². The van der Waals surface area contributed by atoms with E-state index in [1.54, 1.807) is 29.2 Å². The van der Waals surface area contributed by atoms with Crippen LogP contribution in [0.4, 0.5) is 10.7 Å². The van der Waals surface area contributed by atoms with Crippen molar-refractivity contribution in [2.75, 3.05) is 25.0 Å². The lowest BCUT2D eigenvalue weighted by molar-refractivity contribution is 0.0819. The first kappa shape index (κ1) is 25.7. The molecule has 34 heavy (non-hydrogen) atoms. The van der Waals surface area contributed by atoms with E-state index in [-0.39, 0.29) is 29.7 Å². The third-order valence-corrected chi connectivity index (χ3v) is 6.53. The lowest BCUT2D eigenvalue weighted by Gasteiger charge is -2.18. The highest BCUT2D eigenvalue weighted by molar-refractivity contribution is 7.11. The molecule has 1 unspecified atom stereocenters. The number of aromatic hydroxyl groups is 1. The van der Waals surface area contributed by atoms with Crippen LogP contribution in [-0.4, -0.2) is 62.1 Å². The molecule has 9 nitrogen and oxygen atoms in total. The number of hydrogen-bond acceptors (Lipinski definition) is 8. The number of anilines is 2. The standard InChI is InChI=1S/C23H28ClN5O4S/c1-3-16(24)9-14-7-8-29(13(14)2)23(33)15-5-4-6-17(10-15)27-22-19(21(32)28-34-22)20(25)26-11-18(31)12-30/h4-6,9-10,18,27,30-31H,3,7-8,11-12H2,1-2H3,(H2,25,26)(H,28,32)/b16-9+. The Morgan fingerprint density at radius 2 is 2.21 bits per heavy atom. The van der Waals surface area contributed by atoms with Crippen LogP contribution in [0, 0.1) is 5.41 Å². The monoisotopic (exact) mass is 505 g/mol. The molecule has 0 radical (unpaired) electrons. The Morgan fingerprint density at radius 1 is 1.44 bits per heavy atom. The van der Waals surface area contributed by atoms with Crippen molar-refractivity contribution in [1.29, 1.82) is 5.41 Å². The fourth-order valence-corrected chi connectivity index (χ4v) is 4.31. The summed E-state index contributed by atoms with van der Waals surface area (Å²) in [5.41, 5.74) is 3.15. The second-order valence-corrected chi connectivity index (χ2v) is 9.03. The summed E-state index contributed by atoms with van der Waals surface area (Å²) in [6.07, 6.45) is 2.38. The van der Waals surface area contributed by atoms with E-state index in [2.05, 4.69) is 15.0 Å². The number of amides is 1. The van der Waals surface area contributed by atoms with Gasteiger partial charge in [0.1, 0.15) is 16.4 Å². The Balaban J connectivity index is 1.77.